The van der Waals surface area contributed by atoms with E-state index < -0.39 is 0 Å². The van der Waals surface area contributed by atoms with Crippen molar-refractivity contribution in [2.45, 2.75) is 20.3 Å². The second-order valence-electron chi connectivity index (χ2n) is 3.84. The highest BCUT2D eigenvalue weighted by Gasteiger charge is 2.23. The van der Waals surface area contributed by atoms with Crippen molar-refractivity contribution >= 4 is 11.8 Å². The quantitative estimate of drug-likeness (QED) is 0.767. The van der Waals surface area contributed by atoms with Gasteiger partial charge in [-0.1, -0.05) is 17.8 Å². The first-order chi connectivity index (χ1) is 7.21. The maximum atomic E-state index is 5.67. The molecule has 0 aromatic rings. The third-order valence-electron chi connectivity index (χ3n) is 2.75. The van der Waals surface area contributed by atoms with Crippen LogP contribution < -0.4 is 11.5 Å². The third-order valence-corrected chi connectivity index (χ3v) is 3.91. The molecule has 0 saturated carbocycles. The Morgan fingerprint density at radius 1 is 1.60 bits per heavy atom. The van der Waals surface area contributed by atoms with Gasteiger partial charge in [0.15, 0.2) is 0 Å². The van der Waals surface area contributed by atoms with E-state index in [4.69, 9.17) is 11.5 Å². The lowest BCUT2D eigenvalue weighted by atomic mass is 10.1. The molecule has 1 fully saturated rings. The summed E-state index contributed by atoms with van der Waals surface area (Å²) in [6.07, 6.45) is 4.99. The molecule has 0 radical (unpaired) electrons. The summed E-state index contributed by atoms with van der Waals surface area (Å²) in [4.78, 5) is 3.61. The normalized spacial score (nSPS) is 23.7. The standard InChI is InChI=1S/C11H21N3S/c1-3-9(2)15-11(7-13)14-5-4-10(6-12)8-14/h3,7,10H,4-6,8,12-13H2,1-2H3/b9-3+,11-7-. The molecule has 1 heterocycles. The Hall–Kier alpha value is -0.610. The van der Waals surface area contributed by atoms with Crippen LogP contribution in [0.5, 0.6) is 0 Å². The monoisotopic (exact) mass is 227 g/mol. The Balaban J connectivity index is 2.54. The van der Waals surface area contributed by atoms with Crippen molar-refractivity contribution in [1.29, 1.82) is 0 Å². The Labute approximate surface area is 96.6 Å². The first-order valence-electron chi connectivity index (χ1n) is 5.39. The molecule has 1 aliphatic heterocycles. The Morgan fingerprint density at radius 3 is 2.80 bits per heavy atom. The van der Waals surface area contributed by atoms with Crippen LogP contribution in [-0.2, 0) is 0 Å². The lowest BCUT2D eigenvalue weighted by Crippen LogP contribution is -2.22. The minimum atomic E-state index is 0.631. The highest BCUT2D eigenvalue weighted by atomic mass is 32.2. The minimum Gasteiger partial charge on any atom is -0.402 e. The van der Waals surface area contributed by atoms with Crippen molar-refractivity contribution in [1.82, 2.24) is 4.90 Å². The van der Waals surface area contributed by atoms with E-state index in [1.807, 2.05) is 6.92 Å². The van der Waals surface area contributed by atoms with Gasteiger partial charge in [-0.3, -0.25) is 0 Å². The van der Waals surface area contributed by atoms with Gasteiger partial charge in [-0.05, 0) is 37.6 Å². The van der Waals surface area contributed by atoms with Gasteiger partial charge in [-0.25, -0.2) is 0 Å². The summed E-state index contributed by atoms with van der Waals surface area (Å²) < 4.78 is 0. The molecule has 0 aromatic heterocycles. The zero-order valence-corrected chi connectivity index (χ0v) is 10.4. The van der Waals surface area contributed by atoms with Gasteiger partial charge in [0.25, 0.3) is 0 Å². The summed E-state index contributed by atoms with van der Waals surface area (Å²) in [5.41, 5.74) is 11.3. The molecular weight excluding hydrogens is 206 g/mol. The number of hydrogen-bond acceptors (Lipinski definition) is 4. The van der Waals surface area contributed by atoms with Crippen molar-refractivity contribution in [2.24, 2.45) is 17.4 Å². The van der Waals surface area contributed by atoms with Crippen LogP contribution in [0.1, 0.15) is 20.3 Å². The zero-order chi connectivity index (χ0) is 11.3. The molecule has 86 valence electrons. The number of hydrogen-bond donors (Lipinski definition) is 2. The molecule has 15 heavy (non-hydrogen) atoms. The molecule has 1 atom stereocenters. The van der Waals surface area contributed by atoms with Crippen LogP contribution in [0, 0.1) is 5.92 Å². The smallest absolute Gasteiger partial charge is 0.0910 e. The number of allylic oxidation sites excluding steroid dienone is 2. The molecule has 1 unspecified atom stereocenters. The van der Waals surface area contributed by atoms with Crippen LogP contribution in [0.25, 0.3) is 0 Å². The first-order valence-corrected chi connectivity index (χ1v) is 6.20. The number of likely N-dealkylation sites (tertiary alicyclic amines) is 1. The lowest BCUT2D eigenvalue weighted by Gasteiger charge is -2.21. The predicted molar refractivity (Wildman–Crippen MR) is 68.0 cm³/mol. The molecule has 4 heteroatoms. The van der Waals surface area contributed by atoms with Crippen molar-refractivity contribution < 1.29 is 0 Å². The fourth-order valence-corrected chi connectivity index (χ4v) is 2.46. The van der Waals surface area contributed by atoms with Crippen LogP contribution >= 0.6 is 11.8 Å². The second-order valence-corrected chi connectivity index (χ2v) is 5.11. The van der Waals surface area contributed by atoms with E-state index in [9.17, 15) is 0 Å². The molecule has 4 N–H and O–H groups in total. The maximum Gasteiger partial charge on any atom is 0.0910 e. The molecule has 1 rings (SSSR count). The van der Waals surface area contributed by atoms with Crippen LogP contribution in [0.4, 0.5) is 0 Å². The van der Waals surface area contributed by atoms with Gasteiger partial charge in [-0.2, -0.15) is 0 Å². The van der Waals surface area contributed by atoms with Gasteiger partial charge in [0.2, 0.25) is 0 Å². The molecule has 0 aliphatic carbocycles. The van der Waals surface area contributed by atoms with E-state index in [0.717, 1.165) is 24.7 Å². The van der Waals surface area contributed by atoms with Gasteiger partial charge in [0, 0.05) is 19.3 Å². The van der Waals surface area contributed by atoms with Crippen molar-refractivity contribution in [3.05, 3.63) is 22.2 Å². The summed E-state index contributed by atoms with van der Waals surface area (Å²) in [5, 5.41) is 1.15. The van der Waals surface area contributed by atoms with E-state index in [2.05, 4.69) is 17.9 Å². The Kier molecular flexibility index (Phi) is 5.05. The number of nitrogens with two attached hydrogens (primary N) is 2. The average Bonchev–Trinajstić information content (AvgIpc) is 2.73. The van der Waals surface area contributed by atoms with Gasteiger partial charge < -0.3 is 16.4 Å². The largest absolute Gasteiger partial charge is 0.402 e. The molecule has 3 nitrogen and oxygen atoms in total. The van der Waals surface area contributed by atoms with Gasteiger partial charge in [-0.15, -0.1) is 0 Å². The molecular formula is C11H21N3S. The summed E-state index contributed by atoms with van der Waals surface area (Å²) in [7, 11) is 0. The number of thioether (sulfide) groups is 1. The van der Waals surface area contributed by atoms with Crippen LogP contribution in [0.2, 0.25) is 0 Å². The Morgan fingerprint density at radius 2 is 2.33 bits per heavy atom. The minimum absolute atomic E-state index is 0.631. The third kappa shape index (κ3) is 3.47. The second kappa shape index (κ2) is 6.08. The van der Waals surface area contributed by atoms with Gasteiger partial charge >= 0.3 is 0 Å². The van der Waals surface area contributed by atoms with Crippen LogP contribution in [-0.4, -0.2) is 24.5 Å². The summed E-state index contributed by atoms with van der Waals surface area (Å²) in [6, 6.07) is 0. The highest BCUT2D eigenvalue weighted by molar-refractivity contribution is 8.06. The highest BCUT2D eigenvalue weighted by Crippen LogP contribution is 2.30. The van der Waals surface area contributed by atoms with E-state index in [1.54, 1.807) is 18.0 Å². The molecule has 1 saturated heterocycles. The number of nitrogens with zero attached hydrogens (tertiary/aromatic N) is 1. The maximum absolute atomic E-state index is 5.67. The fourth-order valence-electron chi connectivity index (χ4n) is 1.65. The average molecular weight is 227 g/mol. The van der Waals surface area contributed by atoms with Crippen LogP contribution in [0.3, 0.4) is 0 Å². The van der Waals surface area contributed by atoms with Gasteiger partial charge in [0.1, 0.15) is 0 Å². The molecule has 0 aromatic carbocycles. The summed E-state index contributed by atoms with van der Waals surface area (Å²) in [5.74, 6) is 0.631. The first kappa shape index (κ1) is 12.5. The van der Waals surface area contributed by atoms with E-state index in [0.29, 0.717) is 5.92 Å². The molecule has 1 aliphatic rings. The SMILES string of the molecule is C/C=C(\C)S/C(=C\N)N1CCC(CN)C1. The number of rotatable bonds is 4. The molecule has 0 spiro atoms. The molecule has 0 amide bonds. The van der Waals surface area contributed by atoms with Crippen molar-refractivity contribution in [3.8, 4) is 0 Å². The topological polar surface area (TPSA) is 55.3 Å². The summed E-state index contributed by atoms with van der Waals surface area (Å²) >= 11 is 1.74. The fraction of sp³-hybridized carbons (Fsp3) is 0.636. The predicted octanol–water partition coefficient (Wildman–Crippen LogP) is 1.68. The van der Waals surface area contributed by atoms with Crippen molar-refractivity contribution in [2.75, 3.05) is 19.6 Å². The zero-order valence-electron chi connectivity index (χ0n) is 9.57. The molecule has 0 bridgehead atoms. The van der Waals surface area contributed by atoms with E-state index >= 15 is 0 Å². The van der Waals surface area contributed by atoms with E-state index in [-0.39, 0.29) is 0 Å². The van der Waals surface area contributed by atoms with Gasteiger partial charge in [0.05, 0.1) is 5.03 Å². The van der Waals surface area contributed by atoms with Crippen LogP contribution in [0.15, 0.2) is 22.2 Å². The van der Waals surface area contributed by atoms with E-state index in [1.165, 1.54) is 11.3 Å². The van der Waals surface area contributed by atoms with Crippen molar-refractivity contribution in [3.63, 3.8) is 0 Å². The lowest BCUT2D eigenvalue weighted by molar-refractivity contribution is 0.431. The summed E-state index contributed by atoms with van der Waals surface area (Å²) in [6.45, 7) is 7.05. The Bertz CT molecular complexity index is 261.